The Bertz CT molecular complexity index is 323. The molecule has 0 radical (unpaired) electrons. The van der Waals surface area contributed by atoms with E-state index in [1.807, 2.05) is 0 Å². The third-order valence-electron chi connectivity index (χ3n) is 1.12. The quantitative estimate of drug-likeness (QED) is 0.202. The maximum atomic E-state index is 9.00. The molecule has 0 heterocycles. The van der Waals surface area contributed by atoms with Crippen LogP contribution in [0, 0.1) is 0 Å². The summed E-state index contributed by atoms with van der Waals surface area (Å²) in [6, 6.07) is 0. The highest BCUT2D eigenvalue weighted by atomic mass is 16.4. The Morgan fingerprint density at radius 2 is 0.633 bits per heavy atom. The van der Waals surface area contributed by atoms with E-state index in [0.717, 1.165) is 60.8 Å². The Labute approximate surface area is 176 Å². The van der Waals surface area contributed by atoms with Gasteiger partial charge in [0.2, 0.25) is 0 Å². The summed E-state index contributed by atoms with van der Waals surface area (Å²) in [6.45, 7) is 10.6. The SMILES string of the molecule is CC(=O)O.CC(=O)O.CC(=O)O.CC(=O)O.CC(=O)O.NCCNCCNCCN. The average Bonchev–Trinajstić information content (AvgIpc) is 2.48. The molecule has 0 amide bonds. The molecule has 14 heteroatoms. The minimum absolute atomic E-state index is 0.705. The van der Waals surface area contributed by atoms with Crippen LogP contribution in [0.2, 0.25) is 0 Å². The van der Waals surface area contributed by atoms with E-state index in [1.165, 1.54) is 0 Å². The van der Waals surface area contributed by atoms with Crippen molar-refractivity contribution in [2.75, 3.05) is 39.3 Å². The standard InChI is InChI=1S/C6H18N4.5C2H4O2/c7-1-3-9-5-6-10-4-2-8;5*1-2(3)4/h9-10H,1-8H2;5*1H3,(H,3,4). The molecule has 0 aromatic rings. The first-order valence-electron chi connectivity index (χ1n) is 8.37. The van der Waals surface area contributed by atoms with Crippen molar-refractivity contribution in [1.29, 1.82) is 0 Å². The van der Waals surface area contributed by atoms with Crippen LogP contribution in [0.5, 0.6) is 0 Å². The van der Waals surface area contributed by atoms with Gasteiger partial charge in [0, 0.05) is 73.9 Å². The van der Waals surface area contributed by atoms with Crippen molar-refractivity contribution < 1.29 is 49.5 Å². The molecule has 0 saturated heterocycles. The molecule has 0 spiro atoms. The van der Waals surface area contributed by atoms with E-state index >= 15 is 0 Å². The van der Waals surface area contributed by atoms with Crippen molar-refractivity contribution in [3.05, 3.63) is 0 Å². The first-order valence-corrected chi connectivity index (χ1v) is 8.37. The predicted octanol–water partition coefficient (Wildman–Crippen LogP) is -1.46. The van der Waals surface area contributed by atoms with Crippen molar-refractivity contribution in [2.24, 2.45) is 11.5 Å². The van der Waals surface area contributed by atoms with E-state index in [9.17, 15) is 0 Å². The zero-order valence-electron chi connectivity index (χ0n) is 18.2. The molecule has 0 atom stereocenters. The summed E-state index contributed by atoms with van der Waals surface area (Å²) in [5, 5.41) is 43.4. The highest BCUT2D eigenvalue weighted by Gasteiger charge is 1.83. The predicted molar refractivity (Wildman–Crippen MR) is 110 cm³/mol. The van der Waals surface area contributed by atoms with Crippen LogP contribution in [0.15, 0.2) is 0 Å². The Morgan fingerprint density at radius 3 is 0.733 bits per heavy atom. The van der Waals surface area contributed by atoms with Gasteiger partial charge in [0.15, 0.2) is 0 Å². The molecular weight excluding hydrogens is 408 g/mol. The van der Waals surface area contributed by atoms with Gasteiger partial charge in [-0.3, -0.25) is 24.0 Å². The van der Waals surface area contributed by atoms with Gasteiger partial charge >= 0.3 is 0 Å². The second kappa shape index (κ2) is 40.8. The molecule has 0 unspecified atom stereocenters. The van der Waals surface area contributed by atoms with E-state index < -0.39 is 29.8 Å². The van der Waals surface area contributed by atoms with E-state index in [0.29, 0.717) is 13.1 Å². The number of nitrogens with two attached hydrogens (primary N) is 2. The third-order valence-corrected chi connectivity index (χ3v) is 1.12. The minimum Gasteiger partial charge on any atom is -0.481 e. The van der Waals surface area contributed by atoms with Gasteiger partial charge in [-0.05, 0) is 0 Å². The zero-order valence-corrected chi connectivity index (χ0v) is 18.2. The molecule has 0 bridgehead atoms. The molecule has 0 fully saturated rings. The van der Waals surface area contributed by atoms with E-state index in [4.69, 9.17) is 61.0 Å². The topological polar surface area (TPSA) is 263 Å². The largest absolute Gasteiger partial charge is 0.481 e. The molecule has 182 valence electrons. The van der Waals surface area contributed by atoms with E-state index in [-0.39, 0.29) is 0 Å². The van der Waals surface area contributed by atoms with Crippen molar-refractivity contribution in [3.63, 3.8) is 0 Å². The normalized spacial score (nSPS) is 7.57. The highest BCUT2D eigenvalue weighted by Crippen LogP contribution is 1.57. The first kappa shape index (κ1) is 41.5. The molecule has 0 rings (SSSR count). The molecule has 0 aliphatic rings. The van der Waals surface area contributed by atoms with Crippen molar-refractivity contribution in [3.8, 4) is 0 Å². The summed E-state index contributed by atoms with van der Waals surface area (Å²) in [5.74, 6) is -4.17. The maximum absolute atomic E-state index is 9.00. The molecule has 0 saturated carbocycles. The number of aliphatic carboxylic acids is 5. The molecule has 0 aliphatic heterocycles. The van der Waals surface area contributed by atoms with Crippen LogP contribution >= 0.6 is 0 Å². The summed E-state index contributed by atoms with van der Waals surface area (Å²) in [6.07, 6.45) is 0. The number of rotatable bonds is 7. The average molecular weight is 446 g/mol. The molecule has 11 N–H and O–H groups in total. The number of carbonyl (C=O) groups is 5. The van der Waals surface area contributed by atoms with Gasteiger partial charge in [0.1, 0.15) is 0 Å². The van der Waals surface area contributed by atoms with E-state index in [2.05, 4.69) is 10.6 Å². The Kier molecular flexibility index (Phi) is 56.4. The molecule has 0 aromatic heterocycles. The fourth-order valence-electron chi connectivity index (χ4n) is 0.631. The summed E-state index contributed by atoms with van der Waals surface area (Å²) >= 11 is 0. The van der Waals surface area contributed by atoms with Gasteiger partial charge in [-0.2, -0.15) is 0 Å². The fraction of sp³-hybridized carbons (Fsp3) is 0.688. The van der Waals surface area contributed by atoms with Gasteiger partial charge in [-0.25, -0.2) is 0 Å². The van der Waals surface area contributed by atoms with Gasteiger partial charge in [-0.1, -0.05) is 0 Å². The molecular formula is C16H38N4O10. The minimum atomic E-state index is -0.833. The van der Waals surface area contributed by atoms with Crippen LogP contribution in [0.25, 0.3) is 0 Å². The second-order valence-corrected chi connectivity index (χ2v) is 4.67. The number of carboxylic acids is 5. The zero-order chi connectivity index (χ0) is 25.5. The summed E-state index contributed by atoms with van der Waals surface area (Å²) in [7, 11) is 0. The number of hydrogen-bond acceptors (Lipinski definition) is 9. The lowest BCUT2D eigenvalue weighted by molar-refractivity contribution is -0.135. The van der Waals surface area contributed by atoms with Gasteiger partial charge in [0.05, 0.1) is 0 Å². The lowest BCUT2D eigenvalue weighted by Crippen LogP contribution is -2.32. The number of carboxylic acid groups (broad SMARTS) is 5. The molecule has 0 aliphatic carbocycles. The van der Waals surface area contributed by atoms with Gasteiger partial charge < -0.3 is 47.6 Å². The van der Waals surface area contributed by atoms with Crippen molar-refractivity contribution >= 4 is 29.8 Å². The second-order valence-electron chi connectivity index (χ2n) is 4.67. The molecule has 30 heavy (non-hydrogen) atoms. The Hall–Kier alpha value is -2.81. The monoisotopic (exact) mass is 446 g/mol. The Morgan fingerprint density at radius 1 is 0.500 bits per heavy atom. The van der Waals surface area contributed by atoms with Crippen molar-refractivity contribution in [2.45, 2.75) is 34.6 Å². The van der Waals surface area contributed by atoms with Crippen LogP contribution < -0.4 is 22.1 Å². The number of nitrogens with one attached hydrogen (secondary N) is 2. The van der Waals surface area contributed by atoms with Crippen LogP contribution in [-0.4, -0.2) is 94.6 Å². The lowest BCUT2D eigenvalue weighted by atomic mass is 10.5. The van der Waals surface area contributed by atoms with Crippen LogP contribution in [0.3, 0.4) is 0 Å². The van der Waals surface area contributed by atoms with Crippen LogP contribution in [-0.2, 0) is 24.0 Å². The third kappa shape index (κ3) is 840. The summed E-state index contributed by atoms with van der Waals surface area (Å²) in [4.78, 5) is 45.0. The molecule has 0 aromatic carbocycles. The smallest absolute Gasteiger partial charge is 0.300 e. The number of hydrogen-bond donors (Lipinski definition) is 9. The highest BCUT2D eigenvalue weighted by molar-refractivity contribution is 5.63. The van der Waals surface area contributed by atoms with Crippen LogP contribution in [0.1, 0.15) is 34.6 Å². The lowest BCUT2D eigenvalue weighted by Gasteiger charge is -2.03. The van der Waals surface area contributed by atoms with Crippen LogP contribution in [0.4, 0.5) is 0 Å². The van der Waals surface area contributed by atoms with Gasteiger partial charge in [0.25, 0.3) is 29.8 Å². The maximum Gasteiger partial charge on any atom is 0.300 e. The summed E-state index contributed by atoms with van der Waals surface area (Å²) < 4.78 is 0. The van der Waals surface area contributed by atoms with Gasteiger partial charge in [-0.15, -0.1) is 0 Å². The first-order chi connectivity index (χ1) is 13.6. The molecule has 14 nitrogen and oxygen atoms in total. The Balaban J connectivity index is -0.0000000616. The fourth-order valence-corrected chi connectivity index (χ4v) is 0.631. The van der Waals surface area contributed by atoms with E-state index in [1.54, 1.807) is 0 Å². The summed E-state index contributed by atoms with van der Waals surface area (Å²) in [5.41, 5.74) is 10.5. The van der Waals surface area contributed by atoms with Crippen molar-refractivity contribution in [1.82, 2.24) is 10.6 Å².